The number of fused-ring (bicyclic) bond motifs is 1. The lowest BCUT2D eigenvalue weighted by molar-refractivity contribution is 0.0874. The van der Waals surface area contributed by atoms with Gasteiger partial charge in [-0.25, -0.2) is 12.7 Å². The van der Waals surface area contributed by atoms with Crippen molar-refractivity contribution in [2.45, 2.75) is 11.8 Å². The molecule has 1 heterocycles. The smallest absolute Gasteiger partial charge is 0.268 e. The first-order valence-corrected chi connectivity index (χ1v) is 9.42. The molecule has 6 nitrogen and oxygen atoms in total. The van der Waals surface area contributed by atoms with Gasteiger partial charge in [0.2, 0.25) is 0 Å². The summed E-state index contributed by atoms with van der Waals surface area (Å²) in [5.41, 5.74) is 1.09. The summed E-state index contributed by atoms with van der Waals surface area (Å²) in [7, 11) is -3.89. The average molecular weight is 368 g/mol. The molecule has 1 aliphatic heterocycles. The van der Waals surface area contributed by atoms with Crippen LogP contribution < -0.4 is 5.32 Å². The second-order valence-electron chi connectivity index (χ2n) is 5.54. The van der Waals surface area contributed by atoms with Gasteiger partial charge in [0.15, 0.2) is 0 Å². The Morgan fingerprint density at radius 1 is 1.15 bits per heavy atom. The molecule has 0 fully saturated rings. The van der Waals surface area contributed by atoms with Crippen LogP contribution in [-0.4, -0.2) is 37.6 Å². The van der Waals surface area contributed by atoms with Gasteiger partial charge in [-0.15, -0.1) is 0 Å². The molecule has 0 radical (unpaired) electrons. The normalized spacial score (nSPS) is 14.3. The molecule has 2 amide bonds. The van der Waals surface area contributed by atoms with Crippen molar-refractivity contribution in [3.63, 3.8) is 0 Å². The number of benzene rings is 2. The van der Waals surface area contributed by atoms with Gasteiger partial charge < -0.3 is 5.32 Å². The van der Waals surface area contributed by atoms with E-state index in [-0.39, 0.29) is 29.1 Å². The molecule has 0 aromatic heterocycles. The summed E-state index contributed by atoms with van der Waals surface area (Å²) in [4.78, 5) is 24.2. The first kappa shape index (κ1) is 17.7. The van der Waals surface area contributed by atoms with E-state index >= 15 is 0 Å². The van der Waals surface area contributed by atoms with Gasteiger partial charge in [-0.1, -0.05) is 30.0 Å². The van der Waals surface area contributed by atoms with Gasteiger partial charge in [-0.05, 0) is 37.3 Å². The van der Waals surface area contributed by atoms with E-state index in [2.05, 4.69) is 17.2 Å². The summed E-state index contributed by atoms with van der Waals surface area (Å²) in [6.07, 6.45) is 0. The highest BCUT2D eigenvalue weighted by atomic mass is 32.2. The molecular weight excluding hydrogens is 352 g/mol. The zero-order valence-corrected chi connectivity index (χ0v) is 14.8. The Kier molecular flexibility index (Phi) is 4.78. The number of hydrogen-bond acceptors (Lipinski definition) is 4. The van der Waals surface area contributed by atoms with Gasteiger partial charge in [0.1, 0.15) is 4.90 Å². The number of hydrogen-bond donors (Lipinski definition) is 1. The van der Waals surface area contributed by atoms with E-state index in [1.807, 2.05) is 30.3 Å². The van der Waals surface area contributed by atoms with E-state index in [1.165, 1.54) is 18.2 Å². The average Bonchev–Trinajstić information content (AvgIpc) is 2.84. The molecule has 2 aromatic rings. The molecule has 0 aliphatic carbocycles. The van der Waals surface area contributed by atoms with Crippen LogP contribution in [0.2, 0.25) is 0 Å². The predicted molar refractivity (Wildman–Crippen MR) is 96.0 cm³/mol. The van der Waals surface area contributed by atoms with Crippen LogP contribution in [0.1, 0.15) is 33.2 Å². The highest BCUT2D eigenvalue weighted by Crippen LogP contribution is 2.30. The standard InChI is InChI=1S/C19H16N2O4S/c1-2-21-19(23)16-11-10-15(13-17(16)26(21,24)25)18(22)20-12-6-9-14-7-4-3-5-8-14/h3-5,7-8,10-11,13H,2,12H2,1H3,(H,20,22). The lowest BCUT2D eigenvalue weighted by Crippen LogP contribution is -2.29. The zero-order chi connectivity index (χ0) is 18.7. The molecule has 0 saturated heterocycles. The molecule has 0 saturated carbocycles. The topological polar surface area (TPSA) is 83.6 Å². The van der Waals surface area contributed by atoms with Gasteiger partial charge in [0.05, 0.1) is 12.1 Å². The maximum absolute atomic E-state index is 12.4. The predicted octanol–water partition coefficient (Wildman–Crippen LogP) is 1.63. The summed E-state index contributed by atoms with van der Waals surface area (Å²) in [5.74, 6) is 4.73. The van der Waals surface area contributed by atoms with Gasteiger partial charge >= 0.3 is 0 Å². The molecule has 0 bridgehead atoms. The fourth-order valence-corrected chi connectivity index (χ4v) is 4.23. The molecule has 0 unspecified atom stereocenters. The summed E-state index contributed by atoms with van der Waals surface area (Å²) < 4.78 is 25.5. The molecule has 3 rings (SSSR count). The molecular formula is C19H16N2O4S. The zero-order valence-electron chi connectivity index (χ0n) is 14.0. The third-order valence-electron chi connectivity index (χ3n) is 3.90. The van der Waals surface area contributed by atoms with Crippen molar-refractivity contribution in [3.8, 4) is 11.8 Å². The van der Waals surface area contributed by atoms with Crippen molar-refractivity contribution in [1.29, 1.82) is 0 Å². The second-order valence-corrected chi connectivity index (χ2v) is 7.37. The number of rotatable bonds is 3. The molecule has 1 N–H and O–H groups in total. The first-order chi connectivity index (χ1) is 12.4. The quantitative estimate of drug-likeness (QED) is 0.835. The number of nitrogens with one attached hydrogen (secondary N) is 1. The van der Waals surface area contributed by atoms with Crippen LogP contribution >= 0.6 is 0 Å². The lowest BCUT2D eigenvalue weighted by atomic mass is 10.1. The third kappa shape index (κ3) is 3.19. The molecule has 132 valence electrons. The molecule has 7 heteroatoms. The number of carbonyl (C=O) groups excluding carboxylic acids is 2. The van der Waals surface area contributed by atoms with Crippen LogP contribution in [-0.2, 0) is 10.0 Å². The summed E-state index contributed by atoms with van der Waals surface area (Å²) in [6, 6.07) is 13.4. The van der Waals surface area contributed by atoms with Crippen LogP contribution in [0.5, 0.6) is 0 Å². The van der Waals surface area contributed by atoms with Gasteiger partial charge in [0, 0.05) is 17.7 Å². The molecule has 1 aliphatic rings. The molecule has 0 spiro atoms. The minimum Gasteiger partial charge on any atom is -0.341 e. The van der Waals surface area contributed by atoms with E-state index in [0.717, 1.165) is 9.87 Å². The van der Waals surface area contributed by atoms with Crippen molar-refractivity contribution in [2.75, 3.05) is 13.1 Å². The van der Waals surface area contributed by atoms with Crippen molar-refractivity contribution in [3.05, 3.63) is 65.2 Å². The Balaban J connectivity index is 1.75. The minimum absolute atomic E-state index is 0.0481. The van der Waals surface area contributed by atoms with Crippen LogP contribution in [0.4, 0.5) is 0 Å². The van der Waals surface area contributed by atoms with Crippen LogP contribution in [0.25, 0.3) is 0 Å². The van der Waals surface area contributed by atoms with Crippen molar-refractivity contribution in [1.82, 2.24) is 9.62 Å². The van der Waals surface area contributed by atoms with Gasteiger partial charge in [-0.3, -0.25) is 9.59 Å². The number of amides is 2. The fraction of sp³-hybridized carbons (Fsp3) is 0.158. The SMILES string of the molecule is CCN1C(=O)c2ccc(C(=O)NCC#Cc3ccccc3)cc2S1(=O)=O. The van der Waals surface area contributed by atoms with Crippen molar-refractivity contribution < 1.29 is 18.0 Å². The summed E-state index contributed by atoms with van der Waals surface area (Å²) in [5, 5.41) is 2.62. The maximum Gasteiger partial charge on any atom is 0.268 e. The number of carbonyl (C=O) groups is 2. The summed E-state index contributed by atoms with van der Waals surface area (Å²) in [6.45, 7) is 1.75. The van der Waals surface area contributed by atoms with E-state index < -0.39 is 21.8 Å². The van der Waals surface area contributed by atoms with E-state index in [0.29, 0.717) is 0 Å². The Morgan fingerprint density at radius 3 is 2.58 bits per heavy atom. The molecule has 2 aromatic carbocycles. The molecule has 26 heavy (non-hydrogen) atoms. The van der Waals surface area contributed by atoms with E-state index in [4.69, 9.17) is 0 Å². The Hall–Kier alpha value is -3.11. The van der Waals surface area contributed by atoms with Crippen molar-refractivity contribution in [2.24, 2.45) is 0 Å². The fourth-order valence-electron chi connectivity index (χ4n) is 2.62. The van der Waals surface area contributed by atoms with Gasteiger partial charge in [-0.2, -0.15) is 0 Å². The second kappa shape index (κ2) is 7.02. The largest absolute Gasteiger partial charge is 0.341 e. The monoisotopic (exact) mass is 368 g/mol. The Morgan fingerprint density at radius 2 is 1.88 bits per heavy atom. The van der Waals surface area contributed by atoms with Crippen molar-refractivity contribution >= 4 is 21.8 Å². The third-order valence-corrected chi connectivity index (χ3v) is 5.80. The van der Waals surface area contributed by atoms with E-state index in [9.17, 15) is 18.0 Å². The highest BCUT2D eigenvalue weighted by molar-refractivity contribution is 7.90. The Bertz CT molecular complexity index is 1030. The number of sulfonamides is 1. The Labute approximate surface area is 151 Å². The molecule has 0 atom stereocenters. The maximum atomic E-state index is 12.4. The van der Waals surface area contributed by atoms with Crippen LogP contribution in [0.15, 0.2) is 53.4 Å². The van der Waals surface area contributed by atoms with Crippen LogP contribution in [0, 0.1) is 11.8 Å². The lowest BCUT2D eigenvalue weighted by Gasteiger charge is -2.11. The first-order valence-electron chi connectivity index (χ1n) is 7.98. The highest BCUT2D eigenvalue weighted by Gasteiger charge is 2.40. The summed E-state index contributed by atoms with van der Waals surface area (Å²) >= 11 is 0. The van der Waals surface area contributed by atoms with Gasteiger partial charge in [0.25, 0.3) is 21.8 Å². The van der Waals surface area contributed by atoms with E-state index in [1.54, 1.807) is 6.92 Å². The minimum atomic E-state index is -3.89. The number of nitrogens with zero attached hydrogens (tertiary/aromatic N) is 1. The van der Waals surface area contributed by atoms with Crippen LogP contribution in [0.3, 0.4) is 0 Å².